The SMILES string of the molecule is CCCCc1cnc2c(c1SCc1ccccc1Cl)c(=O)n(C)c(=O)n2C. The van der Waals surface area contributed by atoms with Crippen LogP contribution in [0.5, 0.6) is 0 Å². The first-order valence-electron chi connectivity index (χ1n) is 8.89. The molecule has 0 aliphatic carbocycles. The van der Waals surface area contributed by atoms with Crippen LogP contribution in [0.25, 0.3) is 11.0 Å². The Kier molecular flexibility index (Phi) is 6.07. The molecule has 27 heavy (non-hydrogen) atoms. The number of benzene rings is 1. The molecule has 0 amide bonds. The maximum Gasteiger partial charge on any atom is 0.332 e. The van der Waals surface area contributed by atoms with Gasteiger partial charge in [0.1, 0.15) is 5.65 Å². The summed E-state index contributed by atoms with van der Waals surface area (Å²) in [5.41, 5.74) is 1.79. The van der Waals surface area contributed by atoms with E-state index in [0.29, 0.717) is 21.8 Å². The van der Waals surface area contributed by atoms with Gasteiger partial charge in [0.25, 0.3) is 5.56 Å². The Labute approximate surface area is 167 Å². The predicted octanol–water partition coefficient (Wildman–Crippen LogP) is 3.92. The molecule has 5 nitrogen and oxygen atoms in total. The Morgan fingerprint density at radius 2 is 1.85 bits per heavy atom. The summed E-state index contributed by atoms with van der Waals surface area (Å²) in [5, 5.41) is 1.21. The summed E-state index contributed by atoms with van der Waals surface area (Å²) in [5.74, 6) is 0.643. The Morgan fingerprint density at radius 3 is 2.56 bits per heavy atom. The summed E-state index contributed by atoms with van der Waals surface area (Å²) in [4.78, 5) is 30.5. The first kappa shape index (κ1) is 19.7. The average Bonchev–Trinajstić information content (AvgIpc) is 2.68. The van der Waals surface area contributed by atoms with E-state index in [0.717, 1.165) is 39.9 Å². The van der Waals surface area contributed by atoms with Gasteiger partial charge in [0, 0.05) is 36.0 Å². The highest BCUT2D eigenvalue weighted by Gasteiger charge is 2.18. The lowest BCUT2D eigenvalue weighted by atomic mass is 10.1. The molecule has 0 saturated carbocycles. The van der Waals surface area contributed by atoms with Crippen molar-refractivity contribution in [2.75, 3.05) is 0 Å². The number of halogens is 1. The molecule has 0 spiro atoms. The van der Waals surface area contributed by atoms with Crippen molar-refractivity contribution in [3.8, 4) is 0 Å². The Morgan fingerprint density at radius 1 is 1.11 bits per heavy atom. The number of hydrogen-bond acceptors (Lipinski definition) is 4. The van der Waals surface area contributed by atoms with Gasteiger partial charge >= 0.3 is 5.69 Å². The highest BCUT2D eigenvalue weighted by molar-refractivity contribution is 7.98. The fourth-order valence-electron chi connectivity index (χ4n) is 3.02. The number of aromatic nitrogens is 3. The second-order valence-corrected chi connectivity index (χ2v) is 7.89. The number of fused-ring (bicyclic) bond motifs is 1. The van der Waals surface area contributed by atoms with Gasteiger partial charge in [-0.2, -0.15) is 0 Å². The van der Waals surface area contributed by atoms with Gasteiger partial charge in [-0.1, -0.05) is 43.1 Å². The van der Waals surface area contributed by atoms with E-state index in [-0.39, 0.29) is 11.2 Å². The number of thioether (sulfide) groups is 1. The van der Waals surface area contributed by atoms with Crippen LogP contribution in [-0.4, -0.2) is 14.1 Å². The molecule has 142 valence electrons. The van der Waals surface area contributed by atoms with Crippen molar-refractivity contribution in [1.82, 2.24) is 14.1 Å². The van der Waals surface area contributed by atoms with Gasteiger partial charge in [-0.3, -0.25) is 13.9 Å². The van der Waals surface area contributed by atoms with Crippen LogP contribution < -0.4 is 11.2 Å². The lowest BCUT2D eigenvalue weighted by Crippen LogP contribution is -2.37. The molecule has 0 atom stereocenters. The normalized spacial score (nSPS) is 11.3. The van der Waals surface area contributed by atoms with E-state index in [1.165, 1.54) is 11.6 Å². The number of nitrogens with zero attached hydrogens (tertiary/aromatic N) is 3. The molecule has 3 aromatic rings. The highest BCUT2D eigenvalue weighted by Crippen LogP contribution is 2.33. The smallest absolute Gasteiger partial charge is 0.280 e. The van der Waals surface area contributed by atoms with Crippen LogP contribution in [-0.2, 0) is 26.3 Å². The Balaban J connectivity index is 2.18. The van der Waals surface area contributed by atoms with Crippen LogP contribution in [0, 0.1) is 0 Å². The first-order valence-corrected chi connectivity index (χ1v) is 10.3. The topological polar surface area (TPSA) is 56.9 Å². The second-order valence-electron chi connectivity index (χ2n) is 6.50. The first-order chi connectivity index (χ1) is 13.0. The number of pyridine rings is 1. The third kappa shape index (κ3) is 3.82. The zero-order valence-electron chi connectivity index (χ0n) is 15.7. The number of unbranched alkanes of at least 4 members (excludes halogenated alkanes) is 1. The van der Waals surface area contributed by atoms with E-state index in [1.54, 1.807) is 25.0 Å². The molecule has 2 heterocycles. The van der Waals surface area contributed by atoms with E-state index in [9.17, 15) is 9.59 Å². The third-order valence-corrected chi connectivity index (χ3v) is 6.20. The minimum absolute atomic E-state index is 0.305. The molecule has 0 fully saturated rings. The molecule has 1 aromatic carbocycles. The van der Waals surface area contributed by atoms with Crippen molar-refractivity contribution in [2.24, 2.45) is 14.1 Å². The minimum Gasteiger partial charge on any atom is -0.280 e. The third-order valence-electron chi connectivity index (χ3n) is 4.62. The van der Waals surface area contributed by atoms with Crippen molar-refractivity contribution >= 4 is 34.4 Å². The molecule has 0 aliphatic rings. The summed E-state index contributed by atoms with van der Waals surface area (Å²) >= 11 is 7.88. The zero-order valence-corrected chi connectivity index (χ0v) is 17.2. The van der Waals surface area contributed by atoms with Gasteiger partial charge in [-0.05, 0) is 30.0 Å². The predicted molar refractivity (Wildman–Crippen MR) is 112 cm³/mol. The van der Waals surface area contributed by atoms with Crippen molar-refractivity contribution in [1.29, 1.82) is 0 Å². The molecule has 0 aliphatic heterocycles. The highest BCUT2D eigenvalue weighted by atomic mass is 35.5. The van der Waals surface area contributed by atoms with E-state index in [4.69, 9.17) is 11.6 Å². The lowest BCUT2D eigenvalue weighted by Gasteiger charge is -2.14. The van der Waals surface area contributed by atoms with Gasteiger partial charge in [0.05, 0.1) is 5.39 Å². The van der Waals surface area contributed by atoms with Crippen molar-refractivity contribution in [2.45, 2.75) is 36.8 Å². The van der Waals surface area contributed by atoms with E-state index in [2.05, 4.69) is 11.9 Å². The number of rotatable bonds is 6. The summed E-state index contributed by atoms with van der Waals surface area (Å²) in [6.07, 6.45) is 4.71. The van der Waals surface area contributed by atoms with Crippen LogP contribution in [0.2, 0.25) is 5.02 Å². The van der Waals surface area contributed by atoms with Crippen LogP contribution in [0.3, 0.4) is 0 Å². The van der Waals surface area contributed by atoms with Gasteiger partial charge in [0.2, 0.25) is 0 Å². The molecule has 0 unspecified atom stereocenters. The fraction of sp³-hybridized carbons (Fsp3) is 0.350. The molecular formula is C20H22ClN3O2S. The molecule has 7 heteroatoms. The molecule has 0 bridgehead atoms. The van der Waals surface area contributed by atoms with Gasteiger partial charge in [0.15, 0.2) is 0 Å². The van der Waals surface area contributed by atoms with Gasteiger partial charge in [-0.15, -0.1) is 11.8 Å². The van der Waals surface area contributed by atoms with Crippen molar-refractivity contribution < 1.29 is 0 Å². The molecule has 0 saturated heterocycles. The number of aryl methyl sites for hydroxylation is 2. The Bertz CT molecular complexity index is 1100. The van der Waals surface area contributed by atoms with Crippen LogP contribution in [0.1, 0.15) is 30.9 Å². The molecule has 0 radical (unpaired) electrons. The fourth-order valence-corrected chi connectivity index (χ4v) is 4.51. The summed E-state index contributed by atoms with van der Waals surface area (Å²) in [6, 6.07) is 7.70. The van der Waals surface area contributed by atoms with Crippen molar-refractivity contribution in [3.63, 3.8) is 0 Å². The molecule has 3 rings (SSSR count). The summed E-state index contributed by atoms with van der Waals surface area (Å²) in [7, 11) is 3.15. The Hall–Kier alpha value is -2.05. The van der Waals surface area contributed by atoms with Crippen LogP contribution in [0.15, 0.2) is 44.9 Å². The van der Waals surface area contributed by atoms with E-state index >= 15 is 0 Å². The molecular weight excluding hydrogens is 382 g/mol. The minimum atomic E-state index is -0.372. The zero-order chi connectivity index (χ0) is 19.6. The average molecular weight is 404 g/mol. The summed E-state index contributed by atoms with van der Waals surface area (Å²) in [6.45, 7) is 2.13. The van der Waals surface area contributed by atoms with E-state index in [1.807, 2.05) is 24.3 Å². The molecule has 0 N–H and O–H groups in total. The standard InChI is InChI=1S/C20H22ClN3O2S/c1-4-5-8-13-11-22-18-16(19(25)24(3)20(26)23(18)2)17(13)27-12-14-9-6-7-10-15(14)21/h6-7,9-11H,4-5,8,12H2,1-3H3. The molecule has 2 aromatic heterocycles. The maximum absolute atomic E-state index is 12.9. The van der Waals surface area contributed by atoms with E-state index < -0.39 is 0 Å². The maximum atomic E-state index is 12.9. The largest absolute Gasteiger partial charge is 0.332 e. The monoisotopic (exact) mass is 403 g/mol. The lowest BCUT2D eigenvalue weighted by molar-refractivity contribution is 0.703. The van der Waals surface area contributed by atoms with Gasteiger partial charge in [-0.25, -0.2) is 9.78 Å². The van der Waals surface area contributed by atoms with Crippen molar-refractivity contribution in [3.05, 3.63) is 67.4 Å². The van der Waals surface area contributed by atoms with Crippen LogP contribution in [0.4, 0.5) is 0 Å². The number of hydrogen-bond donors (Lipinski definition) is 0. The quantitative estimate of drug-likeness (QED) is 0.585. The van der Waals surface area contributed by atoms with Gasteiger partial charge < -0.3 is 0 Å². The van der Waals surface area contributed by atoms with Crippen LogP contribution >= 0.6 is 23.4 Å². The second kappa shape index (κ2) is 8.31. The summed E-state index contributed by atoms with van der Waals surface area (Å²) < 4.78 is 2.58.